The summed E-state index contributed by atoms with van der Waals surface area (Å²) in [7, 11) is 0. The highest BCUT2D eigenvalue weighted by atomic mass is 35.5. The Kier molecular flexibility index (Phi) is 8.13. The molecule has 0 radical (unpaired) electrons. The van der Waals surface area contributed by atoms with Crippen LogP contribution in [0.3, 0.4) is 0 Å². The van der Waals surface area contributed by atoms with Crippen molar-refractivity contribution in [2.24, 2.45) is 0 Å². The van der Waals surface area contributed by atoms with Crippen LogP contribution in [0.15, 0.2) is 35.3 Å². The molecule has 0 spiro atoms. The van der Waals surface area contributed by atoms with Crippen molar-refractivity contribution in [3.8, 4) is 23.2 Å². The molecule has 2 rings (SSSR count). The zero-order chi connectivity index (χ0) is 17.9. The second-order valence-electron chi connectivity index (χ2n) is 5.09. The van der Waals surface area contributed by atoms with Crippen molar-refractivity contribution < 1.29 is 9.47 Å². The molecule has 0 aliphatic heterocycles. The van der Waals surface area contributed by atoms with E-state index >= 15 is 0 Å². The van der Waals surface area contributed by atoms with Crippen LogP contribution in [0, 0.1) is 11.8 Å². The number of pyridine rings is 1. The van der Waals surface area contributed by atoms with Crippen molar-refractivity contribution in [2.75, 3.05) is 26.4 Å². The zero-order valence-corrected chi connectivity index (χ0v) is 14.8. The Morgan fingerprint density at radius 2 is 1.88 bits per heavy atom. The Bertz CT molecular complexity index is 779. The minimum Gasteiger partial charge on any atom is -0.379 e. The number of aromatic nitrogens is 3. The molecule has 0 bridgehead atoms. The molecule has 0 N–H and O–H groups in total. The molecule has 0 fully saturated rings. The van der Waals surface area contributed by atoms with Crippen LogP contribution in [0.1, 0.15) is 13.3 Å². The molecule has 0 amide bonds. The second-order valence-corrected chi connectivity index (χ2v) is 5.53. The molecule has 6 nitrogen and oxygen atoms in total. The summed E-state index contributed by atoms with van der Waals surface area (Å²) in [4.78, 5) is 16.1. The number of hydrogen-bond donors (Lipinski definition) is 0. The van der Waals surface area contributed by atoms with Crippen LogP contribution in [0.25, 0.3) is 11.4 Å². The summed E-state index contributed by atoms with van der Waals surface area (Å²) in [5, 5.41) is 4.82. The van der Waals surface area contributed by atoms with Crippen molar-refractivity contribution in [1.29, 1.82) is 0 Å². The summed E-state index contributed by atoms with van der Waals surface area (Å²) in [5.41, 5.74) is 1.00. The van der Waals surface area contributed by atoms with Crippen molar-refractivity contribution >= 4 is 11.6 Å². The SMILES string of the molecule is CCCOCCOCC#CCn1nc(-c2ccc(Cl)cn2)ccc1=O. The van der Waals surface area contributed by atoms with Gasteiger partial charge in [0.1, 0.15) is 18.8 Å². The lowest BCUT2D eigenvalue weighted by molar-refractivity contribution is 0.0604. The Hall–Kier alpha value is -2.20. The fourth-order valence-electron chi connectivity index (χ4n) is 1.90. The monoisotopic (exact) mass is 361 g/mol. The third-order valence-corrected chi connectivity index (χ3v) is 3.33. The van der Waals surface area contributed by atoms with E-state index in [0.717, 1.165) is 13.0 Å². The van der Waals surface area contributed by atoms with Crippen molar-refractivity contribution in [3.63, 3.8) is 0 Å². The van der Waals surface area contributed by atoms with E-state index in [1.807, 2.05) is 0 Å². The van der Waals surface area contributed by atoms with Gasteiger partial charge in [-0.25, -0.2) is 4.68 Å². The molecule has 0 atom stereocenters. The molecule has 0 unspecified atom stereocenters. The van der Waals surface area contributed by atoms with Gasteiger partial charge in [0.15, 0.2) is 0 Å². The van der Waals surface area contributed by atoms with Gasteiger partial charge in [0.25, 0.3) is 5.56 Å². The summed E-state index contributed by atoms with van der Waals surface area (Å²) in [6.45, 7) is 4.35. The number of rotatable bonds is 8. The highest BCUT2D eigenvalue weighted by Crippen LogP contribution is 2.14. The first-order valence-electron chi connectivity index (χ1n) is 8.02. The van der Waals surface area contributed by atoms with Gasteiger partial charge in [0.05, 0.1) is 23.9 Å². The molecule has 132 valence electrons. The topological polar surface area (TPSA) is 66.2 Å². The summed E-state index contributed by atoms with van der Waals surface area (Å²) in [6.07, 6.45) is 2.53. The molecule has 0 aliphatic carbocycles. The largest absolute Gasteiger partial charge is 0.379 e. The van der Waals surface area contributed by atoms with Gasteiger partial charge in [-0.3, -0.25) is 9.78 Å². The summed E-state index contributed by atoms with van der Waals surface area (Å²) >= 11 is 5.83. The normalized spacial score (nSPS) is 10.3. The van der Waals surface area contributed by atoms with E-state index in [2.05, 4.69) is 28.8 Å². The van der Waals surface area contributed by atoms with Gasteiger partial charge >= 0.3 is 0 Å². The molecule has 2 aromatic heterocycles. The maximum Gasteiger partial charge on any atom is 0.267 e. The predicted octanol–water partition coefficient (Wildman–Crippen LogP) is 2.41. The lowest BCUT2D eigenvalue weighted by Crippen LogP contribution is -2.21. The smallest absolute Gasteiger partial charge is 0.267 e. The van der Waals surface area contributed by atoms with Crippen LogP contribution in [-0.2, 0) is 16.0 Å². The average molecular weight is 362 g/mol. The van der Waals surface area contributed by atoms with E-state index in [1.165, 1.54) is 16.9 Å². The highest BCUT2D eigenvalue weighted by Gasteiger charge is 2.04. The minimum absolute atomic E-state index is 0.190. The van der Waals surface area contributed by atoms with Crippen LogP contribution < -0.4 is 5.56 Å². The average Bonchev–Trinajstić information content (AvgIpc) is 2.62. The van der Waals surface area contributed by atoms with Gasteiger partial charge in [-0.05, 0) is 24.6 Å². The van der Waals surface area contributed by atoms with E-state index in [9.17, 15) is 4.79 Å². The number of halogens is 1. The van der Waals surface area contributed by atoms with E-state index in [-0.39, 0.29) is 12.1 Å². The first kappa shape index (κ1) is 19.1. The van der Waals surface area contributed by atoms with Crippen molar-refractivity contribution in [2.45, 2.75) is 19.9 Å². The molecule has 25 heavy (non-hydrogen) atoms. The Morgan fingerprint density at radius 1 is 1.08 bits per heavy atom. The Labute approximate surface area is 151 Å². The van der Waals surface area contributed by atoms with Gasteiger partial charge in [0.2, 0.25) is 0 Å². The molecule has 2 heterocycles. The van der Waals surface area contributed by atoms with Crippen LogP contribution in [0.4, 0.5) is 0 Å². The van der Waals surface area contributed by atoms with Crippen LogP contribution >= 0.6 is 11.6 Å². The summed E-state index contributed by atoms with van der Waals surface area (Å²) < 4.78 is 11.9. The summed E-state index contributed by atoms with van der Waals surface area (Å²) in [5.74, 6) is 5.73. The first-order valence-corrected chi connectivity index (χ1v) is 8.40. The number of nitrogens with zero attached hydrogens (tertiary/aromatic N) is 3. The standard InChI is InChI=1S/C18H20ClN3O3/c1-2-10-24-12-13-25-11-4-3-9-22-18(23)8-7-17(21-22)16-6-5-15(19)14-20-16/h5-8,14H,2,9-13H2,1H3. The van der Waals surface area contributed by atoms with Crippen molar-refractivity contribution in [3.05, 3.63) is 45.8 Å². The molecule has 2 aromatic rings. The maximum absolute atomic E-state index is 11.9. The molecular weight excluding hydrogens is 342 g/mol. The van der Waals surface area contributed by atoms with Gasteiger partial charge in [-0.1, -0.05) is 30.4 Å². The third kappa shape index (κ3) is 6.67. The Morgan fingerprint density at radius 3 is 2.64 bits per heavy atom. The molecule has 0 saturated carbocycles. The van der Waals surface area contributed by atoms with Crippen molar-refractivity contribution in [1.82, 2.24) is 14.8 Å². The number of hydrogen-bond acceptors (Lipinski definition) is 5. The molecule has 0 aliphatic rings. The second kappa shape index (κ2) is 10.6. The van der Waals surface area contributed by atoms with Crippen LogP contribution in [-0.4, -0.2) is 41.2 Å². The first-order chi connectivity index (χ1) is 12.2. The quantitative estimate of drug-likeness (QED) is 0.533. The van der Waals surface area contributed by atoms with E-state index in [4.69, 9.17) is 21.1 Å². The van der Waals surface area contributed by atoms with Crippen LogP contribution in [0.2, 0.25) is 5.02 Å². The molecule has 0 aromatic carbocycles. The summed E-state index contributed by atoms with van der Waals surface area (Å²) in [6, 6.07) is 6.55. The lowest BCUT2D eigenvalue weighted by Gasteiger charge is -2.03. The van der Waals surface area contributed by atoms with Gasteiger partial charge in [0, 0.05) is 18.9 Å². The fourth-order valence-corrected chi connectivity index (χ4v) is 2.01. The maximum atomic E-state index is 11.9. The minimum atomic E-state index is -0.221. The van der Waals surface area contributed by atoms with E-state index in [0.29, 0.717) is 36.2 Å². The molecular formula is C18H20ClN3O3. The molecule has 0 saturated heterocycles. The van der Waals surface area contributed by atoms with Gasteiger partial charge in [-0.2, -0.15) is 5.10 Å². The lowest BCUT2D eigenvalue weighted by atomic mass is 10.2. The number of ether oxygens (including phenoxy) is 2. The fraction of sp³-hybridized carbons (Fsp3) is 0.389. The van der Waals surface area contributed by atoms with Gasteiger partial charge < -0.3 is 9.47 Å². The van der Waals surface area contributed by atoms with E-state index < -0.39 is 0 Å². The predicted molar refractivity (Wildman–Crippen MR) is 96.4 cm³/mol. The van der Waals surface area contributed by atoms with E-state index in [1.54, 1.807) is 18.2 Å². The Balaban J connectivity index is 1.88. The zero-order valence-electron chi connectivity index (χ0n) is 14.1. The molecule has 7 heteroatoms. The third-order valence-electron chi connectivity index (χ3n) is 3.10. The highest BCUT2D eigenvalue weighted by molar-refractivity contribution is 6.30. The van der Waals surface area contributed by atoms with Gasteiger partial charge in [-0.15, -0.1) is 0 Å². The van der Waals surface area contributed by atoms with Crippen LogP contribution in [0.5, 0.6) is 0 Å².